The lowest BCUT2D eigenvalue weighted by Crippen LogP contribution is -2.54. The SMILES string of the molecule is C#CCC(N)C(=O)N1CCN(C(=O)c2ccccc2)CC1. The van der Waals surface area contributed by atoms with E-state index in [1.165, 1.54) is 0 Å². The van der Waals surface area contributed by atoms with Gasteiger partial charge in [-0.2, -0.15) is 0 Å². The maximum Gasteiger partial charge on any atom is 0.253 e. The molecule has 1 saturated heterocycles. The number of benzene rings is 1. The molecule has 1 aromatic rings. The van der Waals surface area contributed by atoms with Gasteiger partial charge in [-0.1, -0.05) is 18.2 Å². The van der Waals surface area contributed by atoms with Gasteiger partial charge < -0.3 is 15.5 Å². The van der Waals surface area contributed by atoms with Crippen molar-refractivity contribution < 1.29 is 9.59 Å². The van der Waals surface area contributed by atoms with Crippen LogP contribution in [0.1, 0.15) is 16.8 Å². The zero-order valence-electron chi connectivity index (χ0n) is 11.9. The Labute approximate surface area is 124 Å². The van der Waals surface area contributed by atoms with Crippen LogP contribution in [0.25, 0.3) is 0 Å². The molecule has 1 aromatic carbocycles. The molecular formula is C16H19N3O2. The Morgan fingerprint density at radius 3 is 2.29 bits per heavy atom. The van der Waals surface area contributed by atoms with Crippen LogP contribution in [0.3, 0.4) is 0 Å². The molecule has 0 aromatic heterocycles. The first-order valence-electron chi connectivity index (χ1n) is 6.95. The molecule has 1 atom stereocenters. The van der Waals surface area contributed by atoms with E-state index in [1.807, 2.05) is 18.2 Å². The van der Waals surface area contributed by atoms with Gasteiger partial charge in [0.2, 0.25) is 5.91 Å². The number of nitrogens with zero attached hydrogens (tertiary/aromatic N) is 2. The lowest BCUT2D eigenvalue weighted by atomic mass is 10.1. The van der Waals surface area contributed by atoms with Crippen LogP contribution in [0.15, 0.2) is 30.3 Å². The van der Waals surface area contributed by atoms with E-state index in [2.05, 4.69) is 5.92 Å². The molecule has 0 saturated carbocycles. The second-order valence-corrected chi connectivity index (χ2v) is 5.00. The summed E-state index contributed by atoms with van der Waals surface area (Å²) in [7, 11) is 0. The third-order valence-electron chi connectivity index (χ3n) is 3.55. The average molecular weight is 285 g/mol. The molecule has 21 heavy (non-hydrogen) atoms. The molecule has 1 heterocycles. The first-order valence-corrected chi connectivity index (χ1v) is 6.95. The van der Waals surface area contributed by atoms with Crippen molar-refractivity contribution in [3.8, 4) is 12.3 Å². The molecule has 1 aliphatic rings. The minimum atomic E-state index is -0.647. The van der Waals surface area contributed by atoms with Crippen LogP contribution in [0.4, 0.5) is 0 Å². The van der Waals surface area contributed by atoms with Crippen molar-refractivity contribution in [3.63, 3.8) is 0 Å². The Hall–Kier alpha value is -2.32. The van der Waals surface area contributed by atoms with E-state index in [4.69, 9.17) is 12.2 Å². The van der Waals surface area contributed by atoms with Crippen LogP contribution in [0.5, 0.6) is 0 Å². The molecule has 1 aliphatic heterocycles. The number of terminal acetylenes is 1. The maximum atomic E-state index is 12.3. The Morgan fingerprint density at radius 1 is 1.14 bits per heavy atom. The van der Waals surface area contributed by atoms with E-state index in [0.717, 1.165) is 0 Å². The molecule has 5 heteroatoms. The number of amides is 2. The zero-order chi connectivity index (χ0) is 15.2. The number of carbonyl (C=O) groups is 2. The molecule has 2 amide bonds. The van der Waals surface area contributed by atoms with E-state index in [1.54, 1.807) is 21.9 Å². The smallest absolute Gasteiger partial charge is 0.253 e. The molecule has 5 nitrogen and oxygen atoms in total. The van der Waals surface area contributed by atoms with E-state index in [9.17, 15) is 9.59 Å². The summed E-state index contributed by atoms with van der Waals surface area (Å²) >= 11 is 0. The van der Waals surface area contributed by atoms with Crippen molar-refractivity contribution in [1.29, 1.82) is 0 Å². The van der Waals surface area contributed by atoms with Gasteiger partial charge in [-0.15, -0.1) is 12.3 Å². The number of hydrogen-bond acceptors (Lipinski definition) is 3. The van der Waals surface area contributed by atoms with Crippen LogP contribution in [-0.4, -0.2) is 53.8 Å². The van der Waals surface area contributed by atoms with Crippen LogP contribution in [-0.2, 0) is 4.79 Å². The highest BCUT2D eigenvalue weighted by Crippen LogP contribution is 2.09. The van der Waals surface area contributed by atoms with Gasteiger partial charge in [-0.25, -0.2) is 0 Å². The van der Waals surface area contributed by atoms with Crippen molar-refractivity contribution >= 4 is 11.8 Å². The Bertz CT molecular complexity index is 542. The fourth-order valence-electron chi connectivity index (χ4n) is 2.34. The summed E-state index contributed by atoms with van der Waals surface area (Å²) in [6, 6.07) is 8.50. The monoisotopic (exact) mass is 285 g/mol. The van der Waals surface area contributed by atoms with Crippen molar-refractivity contribution in [2.45, 2.75) is 12.5 Å². The normalized spacial score (nSPS) is 16.2. The summed E-state index contributed by atoms with van der Waals surface area (Å²) < 4.78 is 0. The minimum absolute atomic E-state index is 0.00405. The van der Waals surface area contributed by atoms with Crippen LogP contribution < -0.4 is 5.73 Å². The predicted octanol–water partition coefficient (Wildman–Crippen LogP) is 0.322. The molecule has 2 rings (SSSR count). The number of nitrogens with two attached hydrogens (primary N) is 1. The molecular weight excluding hydrogens is 266 g/mol. The van der Waals surface area contributed by atoms with Crippen molar-refractivity contribution in [3.05, 3.63) is 35.9 Å². The molecule has 0 aliphatic carbocycles. The van der Waals surface area contributed by atoms with Gasteiger partial charge in [0.15, 0.2) is 0 Å². The van der Waals surface area contributed by atoms with Crippen molar-refractivity contribution in [2.75, 3.05) is 26.2 Å². The summed E-state index contributed by atoms with van der Waals surface area (Å²) in [5.41, 5.74) is 6.40. The van der Waals surface area contributed by atoms with E-state index in [-0.39, 0.29) is 18.2 Å². The van der Waals surface area contributed by atoms with Gasteiger partial charge >= 0.3 is 0 Å². The Kier molecular flexibility index (Phi) is 4.96. The maximum absolute atomic E-state index is 12.3. The largest absolute Gasteiger partial charge is 0.338 e. The summed E-state index contributed by atoms with van der Waals surface area (Å²) in [6.45, 7) is 2.02. The fraction of sp³-hybridized carbons (Fsp3) is 0.375. The number of piperazine rings is 1. The Morgan fingerprint density at radius 2 is 1.71 bits per heavy atom. The molecule has 2 N–H and O–H groups in total. The predicted molar refractivity (Wildman–Crippen MR) is 80.4 cm³/mol. The summed E-state index contributed by atoms with van der Waals surface area (Å²) in [6.07, 6.45) is 5.41. The molecule has 1 unspecified atom stereocenters. The third-order valence-corrected chi connectivity index (χ3v) is 3.55. The van der Waals surface area contributed by atoms with E-state index >= 15 is 0 Å². The minimum Gasteiger partial charge on any atom is -0.338 e. The van der Waals surface area contributed by atoms with Gasteiger partial charge in [-0.3, -0.25) is 9.59 Å². The van der Waals surface area contributed by atoms with Crippen LogP contribution in [0, 0.1) is 12.3 Å². The average Bonchev–Trinajstić information content (AvgIpc) is 2.54. The highest BCUT2D eigenvalue weighted by Gasteiger charge is 2.27. The van der Waals surface area contributed by atoms with Crippen molar-refractivity contribution in [2.24, 2.45) is 5.73 Å². The highest BCUT2D eigenvalue weighted by atomic mass is 16.2. The first-order chi connectivity index (χ1) is 10.1. The van der Waals surface area contributed by atoms with Crippen molar-refractivity contribution in [1.82, 2.24) is 9.80 Å². The topological polar surface area (TPSA) is 66.6 Å². The summed E-state index contributed by atoms with van der Waals surface area (Å²) in [5.74, 6) is 2.26. The van der Waals surface area contributed by atoms with E-state index < -0.39 is 6.04 Å². The molecule has 0 radical (unpaired) electrons. The molecule has 1 fully saturated rings. The summed E-state index contributed by atoms with van der Waals surface area (Å²) in [5, 5.41) is 0. The summed E-state index contributed by atoms with van der Waals surface area (Å²) in [4.78, 5) is 27.8. The fourth-order valence-corrected chi connectivity index (χ4v) is 2.34. The number of rotatable bonds is 3. The Balaban J connectivity index is 1.90. The second kappa shape index (κ2) is 6.91. The first kappa shape index (κ1) is 15.1. The third kappa shape index (κ3) is 3.61. The van der Waals surface area contributed by atoms with Crippen LogP contribution in [0.2, 0.25) is 0 Å². The van der Waals surface area contributed by atoms with Gasteiger partial charge in [0.05, 0.1) is 6.04 Å². The lowest BCUT2D eigenvalue weighted by molar-refractivity contribution is -0.133. The number of hydrogen-bond donors (Lipinski definition) is 1. The lowest BCUT2D eigenvalue weighted by Gasteiger charge is -2.35. The second-order valence-electron chi connectivity index (χ2n) is 5.00. The standard InChI is InChI=1S/C16H19N3O2/c1-2-6-14(17)16(21)19-11-9-18(10-12-19)15(20)13-7-4-3-5-8-13/h1,3-5,7-8,14H,6,9-12,17H2. The van der Waals surface area contributed by atoms with Gasteiger partial charge in [-0.05, 0) is 12.1 Å². The highest BCUT2D eigenvalue weighted by molar-refractivity contribution is 5.94. The van der Waals surface area contributed by atoms with Gasteiger partial charge in [0, 0.05) is 38.2 Å². The van der Waals surface area contributed by atoms with E-state index in [0.29, 0.717) is 31.7 Å². The molecule has 110 valence electrons. The zero-order valence-corrected chi connectivity index (χ0v) is 11.9. The molecule has 0 spiro atoms. The van der Waals surface area contributed by atoms with Crippen LogP contribution >= 0.6 is 0 Å². The quantitative estimate of drug-likeness (QED) is 0.813. The van der Waals surface area contributed by atoms with Gasteiger partial charge in [0.25, 0.3) is 5.91 Å². The number of carbonyl (C=O) groups excluding carboxylic acids is 2. The molecule has 0 bridgehead atoms. The van der Waals surface area contributed by atoms with Gasteiger partial charge in [0.1, 0.15) is 0 Å².